The molecule has 4 heterocycles. The third kappa shape index (κ3) is 4.10. The first-order valence-electron chi connectivity index (χ1n) is 10.5. The standard InChI is InChI=1S/C23H27N5O2/c1-15-19(16(2)30-27-15)7-8-22(29)28-13-5-4-6-21(28)23-20(14-25-17(3)26-23)18-9-11-24-12-10-18/h9-12,14,21H,4-8,13H2,1-3H3/t21-/m1/s1. The fourth-order valence-electron chi connectivity index (χ4n) is 4.24. The largest absolute Gasteiger partial charge is 0.361 e. The molecule has 0 N–H and O–H groups in total. The van der Waals surface area contributed by atoms with Crippen LogP contribution in [0.3, 0.4) is 0 Å². The van der Waals surface area contributed by atoms with E-state index in [1.54, 1.807) is 12.4 Å². The molecule has 1 aliphatic rings. The minimum Gasteiger partial charge on any atom is -0.361 e. The molecule has 0 spiro atoms. The smallest absolute Gasteiger partial charge is 0.223 e. The maximum Gasteiger partial charge on any atom is 0.223 e. The van der Waals surface area contributed by atoms with Crippen molar-refractivity contribution in [3.05, 3.63) is 59.3 Å². The molecule has 0 aliphatic carbocycles. The topological polar surface area (TPSA) is 85.0 Å². The maximum atomic E-state index is 13.3. The predicted octanol–water partition coefficient (Wildman–Crippen LogP) is 4.14. The quantitative estimate of drug-likeness (QED) is 0.634. The van der Waals surface area contributed by atoms with E-state index in [-0.39, 0.29) is 11.9 Å². The maximum absolute atomic E-state index is 13.3. The van der Waals surface area contributed by atoms with Crippen LogP contribution < -0.4 is 0 Å². The molecule has 7 nitrogen and oxygen atoms in total. The van der Waals surface area contributed by atoms with Crippen LogP contribution in [0.15, 0.2) is 35.2 Å². The van der Waals surface area contributed by atoms with Crippen LogP contribution in [-0.2, 0) is 11.2 Å². The lowest BCUT2D eigenvalue weighted by Crippen LogP contribution is -2.39. The van der Waals surface area contributed by atoms with E-state index >= 15 is 0 Å². The summed E-state index contributed by atoms with van der Waals surface area (Å²) in [6, 6.07) is 3.88. The molecule has 1 saturated heterocycles. The number of aryl methyl sites for hydroxylation is 3. The molecule has 3 aromatic rings. The van der Waals surface area contributed by atoms with E-state index < -0.39 is 0 Å². The number of carbonyl (C=O) groups excluding carboxylic acids is 1. The van der Waals surface area contributed by atoms with Crippen molar-refractivity contribution in [2.75, 3.05) is 6.54 Å². The van der Waals surface area contributed by atoms with Gasteiger partial charge in [-0.1, -0.05) is 5.16 Å². The van der Waals surface area contributed by atoms with Crippen molar-refractivity contribution in [1.82, 2.24) is 25.0 Å². The number of carbonyl (C=O) groups is 1. The second kappa shape index (κ2) is 8.73. The van der Waals surface area contributed by atoms with Gasteiger partial charge >= 0.3 is 0 Å². The number of aromatic nitrogens is 4. The minimum absolute atomic E-state index is 0.0409. The predicted molar refractivity (Wildman–Crippen MR) is 113 cm³/mol. The summed E-state index contributed by atoms with van der Waals surface area (Å²) in [4.78, 5) is 28.6. The molecule has 30 heavy (non-hydrogen) atoms. The summed E-state index contributed by atoms with van der Waals surface area (Å²) in [5, 5.41) is 4.00. The number of hydrogen-bond acceptors (Lipinski definition) is 6. The molecule has 1 fully saturated rings. The van der Waals surface area contributed by atoms with Gasteiger partial charge in [0, 0.05) is 42.7 Å². The Hall–Kier alpha value is -3.09. The summed E-state index contributed by atoms with van der Waals surface area (Å²) in [6.07, 6.45) is 9.50. The molecule has 1 aliphatic heterocycles. The van der Waals surface area contributed by atoms with Gasteiger partial charge < -0.3 is 9.42 Å². The Bertz CT molecular complexity index is 1010. The average molecular weight is 406 g/mol. The summed E-state index contributed by atoms with van der Waals surface area (Å²) in [5.74, 6) is 1.66. The van der Waals surface area contributed by atoms with Crippen LogP contribution in [0.1, 0.15) is 60.3 Å². The second-order valence-corrected chi connectivity index (χ2v) is 7.85. The van der Waals surface area contributed by atoms with Gasteiger partial charge in [-0.2, -0.15) is 0 Å². The monoisotopic (exact) mass is 405 g/mol. The van der Waals surface area contributed by atoms with Crippen LogP contribution in [0.5, 0.6) is 0 Å². The normalized spacial score (nSPS) is 16.6. The third-order valence-corrected chi connectivity index (χ3v) is 5.84. The molecule has 1 amide bonds. The van der Waals surface area contributed by atoms with Gasteiger partial charge in [0.2, 0.25) is 5.91 Å². The van der Waals surface area contributed by atoms with Crippen molar-refractivity contribution >= 4 is 5.91 Å². The van der Waals surface area contributed by atoms with E-state index in [0.29, 0.717) is 12.8 Å². The fourth-order valence-corrected chi connectivity index (χ4v) is 4.24. The first kappa shape index (κ1) is 20.2. The van der Waals surface area contributed by atoms with Crippen molar-refractivity contribution in [3.8, 4) is 11.1 Å². The molecule has 0 unspecified atom stereocenters. The zero-order valence-corrected chi connectivity index (χ0v) is 17.8. The van der Waals surface area contributed by atoms with Crippen molar-refractivity contribution in [1.29, 1.82) is 0 Å². The molecule has 1 atom stereocenters. The number of amides is 1. The van der Waals surface area contributed by atoms with Crippen molar-refractivity contribution in [2.24, 2.45) is 0 Å². The Morgan fingerprint density at radius 2 is 2.00 bits per heavy atom. The highest BCUT2D eigenvalue weighted by Crippen LogP contribution is 2.36. The van der Waals surface area contributed by atoms with E-state index in [1.807, 2.05) is 44.0 Å². The number of rotatable bonds is 5. The highest BCUT2D eigenvalue weighted by atomic mass is 16.5. The molecular weight excluding hydrogens is 378 g/mol. The van der Waals surface area contributed by atoms with Gasteiger partial charge in [-0.15, -0.1) is 0 Å². The highest BCUT2D eigenvalue weighted by molar-refractivity contribution is 5.78. The number of pyridine rings is 1. The molecule has 0 aromatic carbocycles. The van der Waals surface area contributed by atoms with E-state index in [0.717, 1.165) is 65.5 Å². The molecule has 0 saturated carbocycles. The number of likely N-dealkylation sites (tertiary alicyclic amines) is 1. The van der Waals surface area contributed by atoms with Gasteiger partial charge in [0.05, 0.1) is 17.4 Å². The summed E-state index contributed by atoms with van der Waals surface area (Å²) >= 11 is 0. The van der Waals surface area contributed by atoms with E-state index in [4.69, 9.17) is 9.51 Å². The number of hydrogen-bond donors (Lipinski definition) is 0. The number of nitrogens with zero attached hydrogens (tertiary/aromatic N) is 5. The van der Waals surface area contributed by atoms with Crippen molar-refractivity contribution in [2.45, 2.75) is 58.9 Å². The summed E-state index contributed by atoms with van der Waals surface area (Å²) in [7, 11) is 0. The minimum atomic E-state index is -0.0409. The van der Waals surface area contributed by atoms with Crippen LogP contribution in [-0.4, -0.2) is 37.5 Å². The van der Waals surface area contributed by atoms with Gasteiger partial charge in [-0.3, -0.25) is 9.78 Å². The van der Waals surface area contributed by atoms with Crippen LogP contribution in [0, 0.1) is 20.8 Å². The van der Waals surface area contributed by atoms with Gasteiger partial charge in [0.1, 0.15) is 11.6 Å². The average Bonchev–Trinajstić information content (AvgIpc) is 3.10. The zero-order chi connectivity index (χ0) is 21.1. The van der Waals surface area contributed by atoms with E-state index in [9.17, 15) is 4.79 Å². The molecule has 0 bridgehead atoms. The van der Waals surface area contributed by atoms with E-state index in [1.165, 1.54) is 0 Å². The molecular formula is C23H27N5O2. The SMILES string of the molecule is Cc1ncc(-c2ccncc2)c([C@H]2CCCCN2C(=O)CCc2c(C)noc2C)n1. The summed E-state index contributed by atoms with van der Waals surface area (Å²) in [5.41, 5.74) is 4.82. The van der Waals surface area contributed by atoms with Crippen molar-refractivity contribution < 1.29 is 9.32 Å². The first-order valence-corrected chi connectivity index (χ1v) is 10.5. The molecule has 3 aromatic heterocycles. The van der Waals surface area contributed by atoms with Crippen LogP contribution in [0.4, 0.5) is 0 Å². The molecule has 0 radical (unpaired) electrons. The Labute approximate surface area is 176 Å². The second-order valence-electron chi connectivity index (χ2n) is 7.85. The Kier molecular flexibility index (Phi) is 5.88. The van der Waals surface area contributed by atoms with Crippen LogP contribution >= 0.6 is 0 Å². The molecule has 156 valence electrons. The lowest BCUT2D eigenvalue weighted by atomic mass is 9.93. The first-order chi connectivity index (χ1) is 14.5. The highest BCUT2D eigenvalue weighted by Gasteiger charge is 2.31. The zero-order valence-electron chi connectivity index (χ0n) is 17.8. The van der Waals surface area contributed by atoms with Gasteiger partial charge in [0.15, 0.2) is 0 Å². The molecule has 4 rings (SSSR count). The van der Waals surface area contributed by atoms with Crippen molar-refractivity contribution in [3.63, 3.8) is 0 Å². The Morgan fingerprint density at radius 3 is 2.73 bits per heavy atom. The van der Waals surface area contributed by atoms with Gasteiger partial charge in [-0.05, 0) is 64.2 Å². The lowest BCUT2D eigenvalue weighted by Gasteiger charge is -2.36. The van der Waals surface area contributed by atoms with Gasteiger partial charge in [-0.25, -0.2) is 9.97 Å². The molecule has 7 heteroatoms. The van der Waals surface area contributed by atoms with Gasteiger partial charge in [0.25, 0.3) is 0 Å². The van der Waals surface area contributed by atoms with Crippen LogP contribution in [0.25, 0.3) is 11.1 Å². The third-order valence-electron chi connectivity index (χ3n) is 5.84. The van der Waals surface area contributed by atoms with Crippen LogP contribution in [0.2, 0.25) is 0 Å². The summed E-state index contributed by atoms with van der Waals surface area (Å²) in [6.45, 7) is 6.47. The number of piperidine rings is 1. The fraction of sp³-hybridized carbons (Fsp3) is 0.435. The lowest BCUT2D eigenvalue weighted by molar-refractivity contribution is -0.135. The Morgan fingerprint density at radius 1 is 1.20 bits per heavy atom. The summed E-state index contributed by atoms with van der Waals surface area (Å²) < 4.78 is 5.24. The Balaban J connectivity index is 1.61. The van der Waals surface area contributed by atoms with E-state index in [2.05, 4.69) is 15.1 Å².